The zero-order chi connectivity index (χ0) is 11.6. The van der Waals surface area contributed by atoms with Gasteiger partial charge in [-0.3, -0.25) is 14.9 Å². The lowest BCUT2D eigenvalue weighted by Gasteiger charge is -2.06. The second kappa shape index (κ2) is 3.91. The molecular weight excluding hydrogens is 196 g/mol. The standard InChI is InChI=1S/C10H10N2O3/c1-3-7-4-5-8(12(14)15)10(11)9(7)6(2)13/h3-5H,1,11H2,2H3. The summed E-state index contributed by atoms with van der Waals surface area (Å²) < 4.78 is 0. The minimum absolute atomic E-state index is 0.107. The van der Waals surface area contributed by atoms with Crippen molar-refractivity contribution in [1.82, 2.24) is 0 Å². The fourth-order valence-corrected chi connectivity index (χ4v) is 1.35. The Balaban J connectivity index is 3.56. The number of rotatable bonds is 3. The molecule has 0 saturated heterocycles. The second-order valence-corrected chi connectivity index (χ2v) is 2.98. The zero-order valence-corrected chi connectivity index (χ0v) is 8.19. The largest absolute Gasteiger partial charge is 0.393 e. The van der Waals surface area contributed by atoms with Gasteiger partial charge in [-0.1, -0.05) is 12.7 Å². The van der Waals surface area contributed by atoms with Crippen LogP contribution >= 0.6 is 0 Å². The average Bonchev–Trinajstić information content (AvgIpc) is 2.15. The molecule has 1 aromatic carbocycles. The number of Topliss-reactive ketones (excluding diaryl/α,β-unsaturated/α-hetero) is 1. The van der Waals surface area contributed by atoms with Crippen molar-refractivity contribution in [3.8, 4) is 0 Å². The van der Waals surface area contributed by atoms with Crippen LogP contribution < -0.4 is 5.73 Å². The van der Waals surface area contributed by atoms with Crippen molar-refractivity contribution in [2.24, 2.45) is 0 Å². The van der Waals surface area contributed by atoms with E-state index in [1.165, 1.54) is 25.1 Å². The van der Waals surface area contributed by atoms with Gasteiger partial charge in [0.1, 0.15) is 5.69 Å². The van der Waals surface area contributed by atoms with Gasteiger partial charge in [-0.05, 0) is 18.6 Å². The molecule has 0 fully saturated rings. The van der Waals surface area contributed by atoms with E-state index < -0.39 is 4.92 Å². The van der Waals surface area contributed by atoms with Gasteiger partial charge in [0.25, 0.3) is 5.69 Å². The highest BCUT2D eigenvalue weighted by Crippen LogP contribution is 2.28. The summed E-state index contributed by atoms with van der Waals surface area (Å²) in [7, 11) is 0. The number of hydrogen-bond donors (Lipinski definition) is 1. The topological polar surface area (TPSA) is 86.2 Å². The van der Waals surface area contributed by atoms with Gasteiger partial charge in [-0.25, -0.2) is 0 Å². The van der Waals surface area contributed by atoms with E-state index in [2.05, 4.69) is 6.58 Å². The van der Waals surface area contributed by atoms with E-state index in [1.807, 2.05) is 0 Å². The molecule has 0 aliphatic rings. The normalized spacial score (nSPS) is 9.67. The smallest absolute Gasteiger partial charge is 0.292 e. The molecule has 78 valence electrons. The molecule has 0 saturated carbocycles. The lowest BCUT2D eigenvalue weighted by atomic mass is 10.0. The van der Waals surface area contributed by atoms with E-state index in [0.29, 0.717) is 5.56 Å². The molecule has 5 heteroatoms. The summed E-state index contributed by atoms with van der Waals surface area (Å²) in [6.45, 7) is 4.82. The predicted molar refractivity (Wildman–Crippen MR) is 57.6 cm³/mol. The molecule has 1 rings (SSSR count). The molecule has 0 unspecified atom stereocenters. The zero-order valence-electron chi connectivity index (χ0n) is 8.19. The molecule has 0 aliphatic heterocycles. The summed E-state index contributed by atoms with van der Waals surface area (Å²) in [5.74, 6) is -0.314. The van der Waals surface area contributed by atoms with Crippen LogP contribution in [0, 0.1) is 10.1 Å². The Morgan fingerprint density at radius 2 is 2.20 bits per heavy atom. The molecule has 0 aliphatic carbocycles. The van der Waals surface area contributed by atoms with Crippen LogP contribution in [0.3, 0.4) is 0 Å². The van der Waals surface area contributed by atoms with Crippen LogP contribution in [0.5, 0.6) is 0 Å². The van der Waals surface area contributed by atoms with E-state index in [0.717, 1.165) is 0 Å². The first-order chi connectivity index (χ1) is 6.99. The molecule has 0 radical (unpaired) electrons. The van der Waals surface area contributed by atoms with Crippen LogP contribution in [0.15, 0.2) is 18.7 Å². The number of nitrogen functional groups attached to an aromatic ring is 1. The summed E-state index contributed by atoms with van der Waals surface area (Å²) in [5.41, 5.74) is 5.84. The molecule has 15 heavy (non-hydrogen) atoms. The quantitative estimate of drug-likeness (QED) is 0.354. The third-order valence-corrected chi connectivity index (χ3v) is 2.02. The van der Waals surface area contributed by atoms with E-state index in [4.69, 9.17) is 5.73 Å². The van der Waals surface area contributed by atoms with Crippen molar-refractivity contribution < 1.29 is 9.72 Å². The number of nitro groups is 1. The van der Waals surface area contributed by atoms with Crippen LogP contribution in [-0.4, -0.2) is 10.7 Å². The fraction of sp³-hybridized carbons (Fsp3) is 0.100. The van der Waals surface area contributed by atoms with E-state index >= 15 is 0 Å². The first kappa shape index (κ1) is 10.9. The maximum absolute atomic E-state index is 11.3. The van der Waals surface area contributed by atoms with Crippen molar-refractivity contribution >= 4 is 23.2 Å². The highest BCUT2D eigenvalue weighted by molar-refractivity contribution is 6.04. The third kappa shape index (κ3) is 1.85. The Morgan fingerprint density at radius 1 is 1.60 bits per heavy atom. The van der Waals surface area contributed by atoms with Crippen molar-refractivity contribution in [3.05, 3.63) is 40.0 Å². The van der Waals surface area contributed by atoms with Gasteiger partial charge in [0.2, 0.25) is 0 Å². The number of nitrogens with zero attached hydrogens (tertiary/aromatic N) is 1. The molecule has 0 amide bonds. The lowest BCUT2D eigenvalue weighted by Crippen LogP contribution is -2.05. The van der Waals surface area contributed by atoms with Gasteiger partial charge in [-0.15, -0.1) is 0 Å². The summed E-state index contributed by atoms with van der Waals surface area (Å²) in [5, 5.41) is 10.6. The van der Waals surface area contributed by atoms with Gasteiger partial charge in [-0.2, -0.15) is 0 Å². The highest BCUT2D eigenvalue weighted by Gasteiger charge is 2.19. The van der Waals surface area contributed by atoms with E-state index in [9.17, 15) is 14.9 Å². The first-order valence-corrected chi connectivity index (χ1v) is 4.19. The Morgan fingerprint density at radius 3 is 2.60 bits per heavy atom. The summed E-state index contributed by atoms with van der Waals surface area (Å²) in [6, 6.07) is 2.72. The maximum Gasteiger partial charge on any atom is 0.292 e. The monoisotopic (exact) mass is 206 g/mol. The number of anilines is 1. The van der Waals surface area contributed by atoms with Crippen LogP contribution in [0.25, 0.3) is 6.08 Å². The number of benzene rings is 1. The van der Waals surface area contributed by atoms with Gasteiger partial charge in [0.05, 0.1) is 10.5 Å². The number of carbonyl (C=O) groups excluding carboxylic acids is 1. The van der Waals surface area contributed by atoms with Crippen LogP contribution in [0.2, 0.25) is 0 Å². The molecule has 2 N–H and O–H groups in total. The lowest BCUT2D eigenvalue weighted by molar-refractivity contribution is -0.383. The molecule has 0 heterocycles. The van der Waals surface area contributed by atoms with Crippen LogP contribution in [0.1, 0.15) is 22.8 Å². The molecule has 0 bridgehead atoms. The highest BCUT2D eigenvalue weighted by atomic mass is 16.6. The van der Waals surface area contributed by atoms with Gasteiger partial charge in [0, 0.05) is 6.07 Å². The van der Waals surface area contributed by atoms with Crippen LogP contribution in [0.4, 0.5) is 11.4 Å². The Labute approximate surface area is 86.4 Å². The van der Waals surface area contributed by atoms with Gasteiger partial charge >= 0.3 is 0 Å². The molecule has 0 spiro atoms. The number of hydrogen-bond acceptors (Lipinski definition) is 4. The SMILES string of the molecule is C=Cc1ccc([N+](=O)[O-])c(N)c1C(C)=O. The van der Waals surface area contributed by atoms with Gasteiger partial charge in [0.15, 0.2) is 5.78 Å². The van der Waals surface area contributed by atoms with Crippen LogP contribution in [-0.2, 0) is 0 Å². The van der Waals surface area contributed by atoms with E-state index in [-0.39, 0.29) is 22.7 Å². The molecule has 5 nitrogen and oxygen atoms in total. The number of carbonyl (C=O) groups is 1. The number of nitro benzene ring substituents is 1. The Kier molecular flexibility index (Phi) is 2.85. The third-order valence-electron chi connectivity index (χ3n) is 2.02. The predicted octanol–water partition coefficient (Wildman–Crippen LogP) is 2.02. The summed E-state index contributed by atoms with van der Waals surface area (Å²) in [6.07, 6.45) is 1.44. The molecular formula is C10H10N2O3. The van der Waals surface area contributed by atoms with E-state index in [1.54, 1.807) is 0 Å². The van der Waals surface area contributed by atoms with Crippen molar-refractivity contribution in [2.45, 2.75) is 6.92 Å². The fourth-order valence-electron chi connectivity index (χ4n) is 1.35. The number of ketones is 1. The van der Waals surface area contributed by atoms with Crippen molar-refractivity contribution in [1.29, 1.82) is 0 Å². The summed E-state index contributed by atoms with van der Waals surface area (Å²) >= 11 is 0. The minimum atomic E-state index is -0.616. The molecule has 0 aromatic heterocycles. The minimum Gasteiger partial charge on any atom is -0.393 e. The maximum atomic E-state index is 11.3. The Bertz CT molecular complexity index is 452. The second-order valence-electron chi connectivity index (χ2n) is 2.98. The Hall–Kier alpha value is -2.17. The number of nitrogens with two attached hydrogens (primary N) is 1. The summed E-state index contributed by atoms with van der Waals surface area (Å²) in [4.78, 5) is 21.2. The average molecular weight is 206 g/mol. The van der Waals surface area contributed by atoms with Crippen molar-refractivity contribution in [2.75, 3.05) is 5.73 Å². The van der Waals surface area contributed by atoms with Crippen molar-refractivity contribution in [3.63, 3.8) is 0 Å². The molecule has 0 atom stereocenters. The first-order valence-electron chi connectivity index (χ1n) is 4.19. The van der Waals surface area contributed by atoms with Gasteiger partial charge < -0.3 is 5.73 Å². The molecule has 1 aromatic rings.